The summed E-state index contributed by atoms with van der Waals surface area (Å²) in [5.41, 5.74) is 6.01. The van der Waals surface area contributed by atoms with Crippen molar-refractivity contribution in [2.75, 3.05) is 5.32 Å². The summed E-state index contributed by atoms with van der Waals surface area (Å²) in [6.07, 6.45) is 5.44. The predicted molar refractivity (Wildman–Crippen MR) is 140 cm³/mol. The van der Waals surface area contributed by atoms with E-state index in [9.17, 15) is 4.79 Å². The molecule has 5 rings (SSSR count). The van der Waals surface area contributed by atoms with E-state index in [2.05, 4.69) is 10.3 Å². The quantitative estimate of drug-likeness (QED) is 0.219. The molecular formula is C29H21N3OS. The van der Waals surface area contributed by atoms with E-state index >= 15 is 0 Å². The van der Waals surface area contributed by atoms with Gasteiger partial charge in [0, 0.05) is 40.2 Å². The highest BCUT2D eigenvalue weighted by atomic mass is 32.1. The summed E-state index contributed by atoms with van der Waals surface area (Å²) in [4.78, 5) is 22.2. The van der Waals surface area contributed by atoms with Gasteiger partial charge in [0.1, 0.15) is 5.01 Å². The van der Waals surface area contributed by atoms with Crippen LogP contribution in [0.25, 0.3) is 33.5 Å². The summed E-state index contributed by atoms with van der Waals surface area (Å²) in [6.45, 7) is 0. The molecule has 4 nitrogen and oxygen atoms in total. The van der Waals surface area contributed by atoms with Crippen LogP contribution in [0.5, 0.6) is 0 Å². The number of anilines is 1. The maximum Gasteiger partial charge on any atom is 0.256 e. The number of benzene rings is 3. The zero-order chi connectivity index (χ0) is 23.2. The van der Waals surface area contributed by atoms with Gasteiger partial charge in [0.25, 0.3) is 5.91 Å². The van der Waals surface area contributed by atoms with Crippen LogP contribution in [0.15, 0.2) is 115 Å². The molecule has 2 heterocycles. The van der Waals surface area contributed by atoms with Crippen molar-refractivity contribution in [2.24, 2.45) is 0 Å². The van der Waals surface area contributed by atoms with Crippen LogP contribution >= 0.6 is 11.3 Å². The minimum Gasteiger partial charge on any atom is -0.322 e. The van der Waals surface area contributed by atoms with E-state index < -0.39 is 0 Å². The topological polar surface area (TPSA) is 54.9 Å². The van der Waals surface area contributed by atoms with Crippen LogP contribution in [-0.2, 0) is 4.79 Å². The maximum absolute atomic E-state index is 13.4. The second-order valence-electron chi connectivity index (χ2n) is 7.64. The van der Waals surface area contributed by atoms with Gasteiger partial charge in [-0.15, -0.1) is 11.3 Å². The van der Waals surface area contributed by atoms with Gasteiger partial charge < -0.3 is 5.32 Å². The molecule has 0 atom stereocenters. The molecule has 1 amide bonds. The molecular weight excluding hydrogens is 438 g/mol. The Balaban J connectivity index is 1.42. The van der Waals surface area contributed by atoms with E-state index in [1.165, 1.54) is 0 Å². The fraction of sp³-hybridized carbons (Fsp3) is 0. The number of aromatic nitrogens is 2. The van der Waals surface area contributed by atoms with Crippen LogP contribution in [0, 0.1) is 0 Å². The molecule has 164 valence electrons. The molecule has 5 aromatic rings. The highest BCUT2D eigenvalue weighted by molar-refractivity contribution is 7.13. The summed E-state index contributed by atoms with van der Waals surface area (Å²) in [5.74, 6) is -0.164. The lowest BCUT2D eigenvalue weighted by molar-refractivity contribution is -0.111. The van der Waals surface area contributed by atoms with Gasteiger partial charge in [-0.05, 0) is 41.5 Å². The van der Waals surface area contributed by atoms with Crippen LogP contribution in [-0.4, -0.2) is 15.9 Å². The van der Waals surface area contributed by atoms with Gasteiger partial charge in [-0.2, -0.15) is 0 Å². The number of hydrogen-bond acceptors (Lipinski definition) is 4. The maximum atomic E-state index is 13.4. The van der Waals surface area contributed by atoms with E-state index in [0.717, 1.165) is 38.6 Å². The number of nitrogens with one attached hydrogen (secondary N) is 1. The zero-order valence-electron chi connectivity index (χ0n) is 18.3. The first-order chi connectivity index (χ1) is 16.8. The first kappa shape index (κ1) is 21.5. The molecule has 2 aromatic heterocycles. The molecule has 0 radical (unpaired) electrons. The molecule has 5 heteroatoms. The molecule has 3 aromatic carbocycles. The summed E-state index contributed by atoms with van der Waals surface area (Å²) >= 11 is 1.59. The molecule has 0 bridgehead atoms. The van der Waals surface area contributed by atoms with Gasteiger partial charge in [-0.1, -0.05) is 72.8 Å². The second kappa shape index (κ2) is 10.1. The van der Waals surface area contributed by atoms with Crippen molar-refractivity contribution >= 4 is 34.6 Å². The Kier molecular flexibility index (Phi) is 6.36. The Morgan fingerprint density at radius 1 is 0.794 bits per heavy atom. The number of hydrogen-bond donors (Lipinski definition) is 1. The van der Waals surface area contributed by atoms with Crippen LogP contribution < -0.4 is 5.32 Å². The fourth-order valence-electron chi connectivity index (χ4n) is 3.60. The monoisotopic (exact) mass is 459 g/mol. The third-order valence-corrected chi connectivity index (χ3v) is 6.18. The molecule has 0 saturated carbocycles. The summed E-state index contributed by atoms with van der Waals surface area (Å²) in [5, 5.41) is 6.03. The lowest BCUT2D eigenvalue weighted by Crippen LogP contribution is -2.13. The van der Waals surface area contributed by atoms with Gasteiger partial charge in [0.15, 0.2) is 0 Å². The molecule has 0 fully saturated rings. The third kappa shape index (κ3) is 5.00. The smallest absolute Gasteiger partial charge is 0.256 e. The van der Waals surface area contributed by atoms with Gasteiger partial charge in [-0.25, -0.2) is 4.98 Å². The minimum absolute atomic E-state index is 0.164. The number of pyridine rings is 1. The Morgan fingerprint density at radius 2 is 1.53 bits per heavy atom. The predicted octanol–water partition coefficient (Wildman–Crippen LogP) is 7.05. The number of carbonyl (C=O) groups excluding carboxylic acids is 1. The Labute approximate surface area is 202 Å². The van der Waals surface area contributed by atoms with Crippen molar-refractivity contribution in [3.63, 3.8) is 0 Å². The SMILES string of the molecule is O=C(Nc1cccc(-c2csc(-c3ccncc3)n2)c1)/C(=C\c1ccccc1)c1ccccc1. The average Bonchev–Trinajstić information content (AvgIpc) is 3.40. The number of nitrogens with zero attached hydrogens (tertiary/aromatic N) is 2. The van der Waals surface area contributed by atoms with E-state index in [1.54, 1.807) is 23.7 Å². The standard InChI is InChI=1S/C29H21N3OS/c33-28(26(22-10-5-2-6-11-22)18-21-8-3-1-4-9-21)31-25-13-7-12-24(19-25)27-20-34-29(32-27)23-14-16-30-17-15-23/h1-20H,(H,31,33)/b26-18-. The molecule has 0 spiro atoms. The van der Waals surface area contributed by atoms with Gasteiger partial charge in [0.2, 0.25) is 0 Å². The largest absolute Gasteiger partial charge is 0.322 e. The molecule has 1 N–H and O–H groups in total. The van der Waals surface area contributed by atoms with Crippen LogP contribution in [0.3, 0.4) is 0 Å². The van der Waals surface area contributed by atoms with Crippen molar-refractivity contribution in [2.45, 2.75) is 0 Å². The third-order valence-electron chi connectivity index (χ3n) is 5.29. The van der Waals surface area contributed by atoms with Crippen LogP contribution in [0.2, 0.25) is 0 Å². The molecule has 0 aliphatic carbocycles. The normalized spacial score (nSPS) is 11.2. The number of thiazole rings is 1. The van der Waals surface area contributed by atoms with Crippen molar-refractivity contribution in [1.29, 1.82) is 0 Å². The first-order valence-electron chi connectivity index (χ1n) is 10.9. The van der Waals surface area contributed by atoms with Crippen molar-refractivity contribution < 1.29 is 4.79 Å². The van der Waals surface area contributed by atoms with Gasteiger partial charge >= 0.3 is 0 Å². The van der Waals surface area contributed by atoms with Crippen molar-refractivity contribution in [3.05, 3.63) is 126 Å². The highest BCUT2D eigenvalue weighted by Crippen LogP contribution is 2.30. The fourth-order valence-corrected chi connectivity index (χ4v) is 4.44. The lowest BCUT2D eigenvalue weighted by Gasteiger charge is -2.11. The molecule has 0 unspecified atom stereocenters. The first-order valence-corrected chi connectivity index (χ1v) is 11.7. The van der Waals surface area contributed by atoms with E-state index in [4.69, 9.17) is 4.98 Å². The van der Waals surface area contributed by atoms with E-state index in [1.807, 2.05) is 109 Å². The number of rotatable bonds is 6. The van der Waals surface area contributed by atoms with Gasteiger partial charge in [-0.3, -0.25) is 9.78 Å². The van der Waals surface area contributed by atoms with Crippen LogP contribution in [0.1, 0.15) is 11.1 Å². The van der Waals surface area contributed by atoms with Crippen LogP contribution in [0.4, 0.5) is 5.69 Å². The Bertz CT molecular complexity index is 1430. The Hall–Kier alpha value is -4.35. The van der Waals surface area contributed by atoms with Gasteiger partial charge in [0.05, 0.1) is 5.69 Å². The number of carbonyl (C=O) groups is 1. The molecule has 34 heavy (non-hydrogen) atoms. The zero-order valence-corrected chi connectivity index (χ0v) is 19.1. The summed E-state index contributed by atoms with van der Waals surface area (Å²) in [7, 11) is 0. The van der Waals surface area contributed by atoms with Crippen molar-refractivity contribution in [3.8, 4) is 21.8 Å². The second-order valence-corrected chi connectivity index (χ2v) is 8.50. The summed E-state index contributed by atoms with van der Waals surface area (Å²) in [6, 6.07) is 31.2. The highest BCUT2D eigenvalue weighted by Gasteiger charge is 2.14. The summed E-state index contributed by atoms with van der Waals surface area (Å²) < 4.78 is 0. The molecule has 0 aliphatic rings. The van der Waals surface area contributed by atoms with E-state index in [-0.39, 0.29) is 5.91 Å². The molecule has 0 aliphatic heterocycles. The molecule has 0 saturated heterocycles. The van der Waals surface area contributed by atoms with Crippen molar-refractivity contribution in [1.82, 2.24) is 9.97 Å². The average molecular weight is 460 g/mol. The van der Waals surface area contributed by atoms with E-state index in [0.29, 0.717) is 5.57 Å². The number of amides is 1. The lowest BCUT2D eigenvalue weighted by atomic mass is 10.0. The Morgan fingerprint density at radius 3 is 2.29 bits per heavy atom. The minimum atomic E-state index is -0.164.